The zero-order valence-electron chi connectivity index (χ0n) is 18.4. The first kappa shape index (κ1) is 21.8. The SMILES string of the molecule is COc1cccc(CN2CCN(CC3CN(Cc4ccccc4)CCCO3)CC2=O)c1. The van der Waals surface area contributed by atoms with Gasteiger partial charge in [0.25, 0.3) is 0 Å². The number of methoxy groups -OCH3 is 1. The van der Waals surface area contributed by atoms with Gasteiger partial charge in [0.2, 0.25) is 5.91 Å². The fourth-order valence-electron chi connectivity index (χ4n) is 4.43. The second-order valence-electron chi connectivity index (χ2n) is 8.47. The minimum absolute atomic E-state index is 0.143. The number of carbonyl (C=O) groups excluding carboxylic acids is 1. The lowest BCUT2D eigenvalue weighted by molar-refractivity contribution is -0.137. The average molecular weight is 424 g/mol. The van der Waals surface area contributed by atoms with Crippen molar-refractivity contribution in [3.63, 3.8) is 0 Å². The van der Waals surface area contributed by atoms with Gasteiger partial charge in [0.1, 0.15) is 5.75 Å². The lowest BCUT2D eigenvalue weighted by Crippen LogP contribution is -2.52. The number of hydrogen-bond donors (Lipinski definition) is 0. The summed E-state index contributed by atoms with van der Waals surface area (Å²) >= 11 is 0. The van der Waals surface area contributed by atoms with Gasteiger partial charge >= 0.3 is 0 Å². The Labute approximate surface area is 185 Å². The number of carbonyl (C=O) groups is 1. The third kappa shape index (κ3) is 6.29. The van der Waals surface area contributed by atoms with E-state index >= 15 is 0 Å². The van der Waals surface area contributed by atoms with Crippen LogP contribution in [-0.4, -0.2) is 79.7 Å². The van der Waals surface area contributed by atoms with Crippen LogP contribution in [0.5, 0.6) is 5.75 Å². The van der Waals surface area contributed by atoms with E-state index in [1.807, 2.05) is 29.2 Å². The summed E-state index contributed by atoms with van der Waals surface area (Å²) in [4.78, 5) is 19.5. The van der Waals surface area contributed by atoms with E-state index in [1.165, 1.54) is 5.56 Å². The first-order valence-corrected chi connectivity index (χ1v) is 11.2. The van der Waals surface area contributed by atoms with Crippen LogP contribution in [0.3, 0.4) is 0 Å². The first-order valence-electron chi connectivity index (χ1n) is 11.2. The van der Waals surface area contributed by atoms with Crippen molar-refractivity contribution >= 4 is 5.91 Å². The molecule has 0 aromatic heterocycles. The second-order valence-corrected chi connectivity index (χ2v) is 8.47. The molecule has 1 unspecified atom stereocenters. The van der Waals surface area contributed by atoms with Crippen molar-refractivity contribution < 1.29 is 14.3 Å². The fourth-order valence-corrected chi connectivity index (χ4v) is 4.43. The predicted octanol–water partition coefficient (Wildman–Crippen LogP) is 2.63. The van der Waals surface area contributed by atoms with Gasteiger partial charge in [0.15, 0.2) is 0 Å². The molecule has 0 radical (unpaired) electrons. The highest BCUT2D eigenvalue weighted by molar-refractivity contribution is 5.79. The molecular formula is C25H33N3O3. The van der Waals surface area contributed by atoms with Crippen molar-refractivity contribution in [2.24, 2.45) is 0 Å². The largest absolute Gasteiger partial charge is 0.497 e. The molecule has 2 heterocycles. The van der Waals surface area contributed by atoms with E-state index in [0.717, 1.165) is 63.6 Å². The molecule has 0 saturated carbocycles. The van der Waals surface area contributed by atoms with Crippen molar-refractivity contribution in [2.45, 2.75) is 25.6 Å². The smallest absolute Gasteiger partial charge is 0.237 e. The van der Waals surface area contributed by atoms with Gasteiger partial charge in [-0.05, 0) is 29.7 Å². The molecule has 2 aliphatic heterocycles. The number of rotatable bonds is 7. The standard InChI is InChI=1S/C25H33N3O3/c1-30-23-10-5-9-22(15-23)17-28-13-12-27(20-25(28)29)19-24-18-26(11-6-14-31-24)16-21-7-3-2-4-8-21/h2-5,7-10,15,24H,6,11-14,16-20H2,1H3. The molecule has 2 aliphatic rings. The number of nitrogens with zero attached hydrogens (tertiary/aromatic N) is 3. The summed E-state index contributed by atoms with van der Waals surface area (Å²) in [6.07, 6.45) is 1.19. The normalized spacial score (nSPS) is 21.1. The van der Waals surface area contributed by atoms with Crippen LogP contribution in [0.1, 0.15) is 17.5 Å². The molecule has 31 heavy (non-hydrogen) atoms. The highest BCUT2D eigenvalue weighted by atomic mass is 16.5. The van der Waals surface area contributed by atoms with E-state index in [-0.39, 0.29) is 12.0 Å². The molecular weight excluding hydrogens is 390 g/mol. The molecule has 2 aromatic rings. The molecule has 1 amide bonds. The monoisotopic (exact) mass is 423 g/mol. The molecule has 0 aliphatic carbocycles. The van der Waals surface area contributed by atoms with Gasteiger partial charge < -0.3 is 14.4 Å². The Morgan fingerprint density at radius 3 is 2.61 bits per heavy atom. The average Bonchev–Trinajstić information content (AvgIpc) is 3.01. The Hall–Kier alpha value is -2.41. The van der Waals surface area contributed by atoms with E-state index in [1.54, 1.807) is 7.11 Å². The Morgan fingerprint density at radius 2 is 1.81 bits per heavy atom. The van der Waals surface area contributed by atoms with Crippen LogP contribution in [0.4, 0.5) is 0 Å². The zero-order chi connectivity index (χ0) is 21.5. The molecule has 2 saturated heterocycles. The summed E-state index contributed by atoms with van der Waals surface area (Å²) < 4.78 is 11.4. The van der Waals surface area contributed by atoms with Crippen LogP contribution in [-0.2, 0) is 22.6 Å². The summed E-state index contributed by atoms with van der Waals surface area (Å²) in [7, 11) is 1.67. The maximum atomic E-state index is 12.8. The molecule has 2 fully saturated rings. The summed E-state index contributed by atoms with van der Waals surface area (Å²) in [6.45, 7) is 7.24. The van der Waals surface area contributed by atoms with Gasteiger partial charge in [-0.3, -0.25) is 14.6 Å². The Kier molecular flexibility index (Phi) is 7.57. The van der Waals surface area contributed by atoms with Gasteiger partial charge in [-0.15, -0.1) is 0 Å². The third-order valence-electron chi connectivity index (χ3n) is 6.05. The lowest BCUT2D eigenvalue weighted by atomic mass is 10.1. The van der Waals surface area contributed by atoms with E-state index in [9.17, 15) is 4.79 Å². The van der Waals surface area contributed by atoms with Crippen LogP contribution in [0.15, 0.2) is 54.6 Å². The molecule has 6 nitrogen and oxygen atoms in total. The summed E-state index contributed by atoms with van der Waals surface area (Å²) in [5.74, 6) is 1.01. The van der Waals surface area contributed by atoms with Crippen molar-refractivity contribution in [3.05, 3.63) is 65.7 Å². The summed E-state index contributed by atoms with van der Waals surface area (Å²) in [6, 6.07) is 18.6. The fraction of sp³-hybridized carbons (Fsp3) is 0.480. The summed E-state index contributed by atoms with van der Waals surface area (Å²) in [5.41, 5.74) is 2.44. The maximum absolute atomic E-state index is 12.8. The summed E-state index contributed by atoms with van der Waals surface area (Å²) in [5, 5.41) is 0. The second kappa shape index (κ2) is 10.8. The highest BCUT2D eigenvalue weighted by Crippen LogP contribution is 2.17. The van der Waals surface area contributed by atoms with Crippen molar-refractivity contribution in [1.82, 2.24) is 14.7 Å². The zero-order valence-corrected chi connectivity index (χ0v) is 18.4. The van der Waals surface area contributed by atoms with Crippen molar-refractivity contribution in [2.75, 3.05) is 53.0 Å². The molecule has 2 aromatic carbocycles. The van der Waals surface area contributed by atoms with Crippen molar-refractivity contribution in [1.29, 1.82) is 0 Å². The topological polar surface area (TPSA) is 45.2 Å². The van der Waals surface area contributed by atoms with Crippen LogP contribution < -0.4 is 4.74 Å². The Morgan fingerprint density at radius 1 is 0.968 bits per heavy atom. The van der Waals surface area contributed by atoms with Crippen LogP contribution >= 0.6 is 0 Å². The number of ether oxygens (including phenoxy) is 2. The molecule has 1 atom stereocenters. The minimum Gasteiger partial charge on any atom is -0.497 e. The predicted molar refractivity (Wildman–Crippen MR) is 121 cm³/mol. The number of hydrogen-bond acceptors (Lipinski definition) is 5. The maximum Gasteiger partial charge on any atom is 0.237 e. The van der Waals surface area contributed by atoms with Crippen LogP contribution in [0.25, 0.3) is 0 Å². The van der Waals surface area contributed by atoms with E-state index in [0.29, 0.717) is 13.1 Å². The first-order chi connectivity index (χ1) is 15.2. The lowest BCUT2D eigenvalue weighted by Gasteiger charge is -2.36. The number of benzene rings is 2. The molecule has 0 bridgehead atoms. The van der Waals surface area contributed by atoms with E-state index < -0.39 is 0 Å². The van der Waals surface area contributed by atoms with E-state index in [2.05, 4.69) is 40.1 Å². The highest BCUT2D eigenvalue weighted by Gasteiger charge is 2.27. The molecule has 4 rings (SSSR count). The number of piperazine rings is 1. The van der Waals surface area contributed by atoms with Gasteiger partial charge in [0, 0.05) is 52.4 Å². The molecule has 0 N–H and O–H groups in total. The molecule has 6 heteroatoms. The molecule has 0 spiro atoms. The Bertz CT molecular complexity index is 845. The van der Waals surface area contributed by atoms with Crippen LogP contribution in [0.2, 0.25) is 0 Å². The van der Waals surface area contributed by atoms with E-state index in [4.69, 9.17) is 9.47 Å². The number of amides is 1. The van der Waals surface area contributed by atoms with Gasteiger partial charge in [-0.2, -0.15) is 0 Å². The van der Waals surface area contributed by atoms with Gasteiger partial charge in [0.05, 0.1) is 19.8 Å². The molecule has 166 valence electrons. The quantitative estimate of drug-likeness (QED) is 0.685. The Balaban J connectivity index is 1.28. The third-order valence-corrected chi connectivity index (χ3v) is 6.05. The van der Waals surface area contributed by atoms with Gasteiger partial charge in [-0.25, -0.2) is 0 Å². The van der Waals surface area contributed by atoms with Crippen LogP contribution in [0, 0.1) is 0 Å². The van der Waals surface area contributed by atoms with Gasteiger partial charge in [-0.1, -0.05) is 42.5 Å². The van der Waals surface area contributed by atoms with Crippen molar-refractivity contribution in [3.8, 4) is 5.75 Å². The minimum atomic E-state index is 0.143.